The van der Waals surface area contributed by atoms with Gasteiger partial charge in [0.25, 0.3) is 0 Å². The molecule has 0 unspecified atom stereocenters. The number of nitrogens with one attached hydrogen (secondary N) is 4. The van der Waals surface area contributed by atoms with Gasteiger partial charge in [-0.05, 0) is 0 Å². The van der Waals surface area contributed by atoms with Crippen molar-refractivity contribution in [3.05, 3.63) is 0 Å². The molecular formula is C50H84N4O36. The minimum absolute atomic E-state index is 0.739. The van der Waals surface area contributed by atoms with E-state index in [2.05, 4.69) is 21.3 Å². The van der Waals surface area contributed by atoms with Crippen molar-refractivity contribution >= 4 is 23.6 Å². The molecule has 0 radical (unpaired) electrons. The van der Waals surface area contributed by atoms with E-state index in [-0.39, 0.29) is 0 Å². The first kappa shape index (κ1) is 74.0. The summed E-state index contributed by atoms with van der Waals surface area (Å²) in [5.74, 6) is -3.33. The quantitative estimate of drug-likeness (QED) is 0.0452. The average molecular weight is 1320 g/mol. The highest BCUT2D eigenvalue weighted by Crippen LogP contribution is 2.38. The number of ether oxygens (including phenoxy) is 13. The molecule has 0 bridgehead atoms. The summed E-state index contributed by atoms with van der Waals surface area (Å²) < 4.78 is 75.8. The zero-order chi connectivity index (χ0) is 66.5. The van der Waals surface area contributed by atoms with Crippen LogP contribution in [0.25, 0.3) is 0 Å². The Bertz CT molecular complexity index is 2310. The van der Waals surface area contributed by atoms with E-state index in [1.807, 2.05) is 0 Å². The largest absolute Gasteiger partial charge is 0.394 e. The molecule has 90 heavy (non-hydrogen) atoms. The molecular weight excluding hydrogens is 1230 g/mol. The Morgan fingerprint density at radius 2 is 0.578 bits per heavy atom. The Labute approximate surface area is 510 Å². The van der Waals surface area contributed by atoms with Gasteiger partial charge in [0.2, 0.25) is 23.6 Å². The molecule has 40 heteroatoms. The van der Waals surface area contributed by atoms with Crippen LogP contribution in [0.15, 0.2) is 0 Å². The smallest absolute Gasteiger partial charge is 0.217 e. The summed E-state index contributed by atoms with van der Waals surface area (Å²) in [6.07, 6.45) is -60.5. The number of carbonyl (C=O) groups is 4. The summed E-state index contributed by atoms with van der Waals surface area (Å²) in [6.45, 7) is -2.94. The van der Waals surface area contributed by atoms with Crippen molar-refractivity contribution in [2.24, 2.45) is 0 Å². The van der Waals surface area contributed by atoms with Crippen LogP contribution in [0.4, 0.5) is 0 Å². The van der Waals surface area contributed by atoms with Gasteiger partial charge in [0.15, 0.2) is 44.0 Å². The van der Waals surface area contributed by atoms with Gasteiger partial charge < -0.3 is 180 Å². The van der Waals surface area contributed by atoms with E-state index < -0.39 is 285 Å². The van der Waals surface area contributed by atoms with Crippen LogP contribution in [-0.2, 0) is 80.8 Å². The maximum atomic E-state index is 12.9. The van der Waals surface area contributed by atoms with E-state index in [0.717, 1.165) is 27.7 Å². The van der Waals surface area contributed by atoms with Gasteiger partial charge in [-0.2, -0.15) is 0 Å². The number of hydrogen-bond donors (Lipinski definition) is 23. The number of aliphatic hydroxyl groups is 19. The maximum absolute atomic E-state index is 12.9. The van der Waals surface area contributed by atoms with Crippen molar-refractivity contribution in [3.63, 3.8) is 0 Å². The highest BCUT2D eigenvalue weighted by atomic mass is 16.8. The second-order valence-electron chi connectivity index (χ2n) is 22.5. The summed E-state index contributed by atoms with van der Waals surface area (Å²) in [5, 5.41) is 217. The normalized spacial score (nSPS) is 47.6. The summed E-state index contributed by atoms with van der Waals surface area (Å²) in [6, 6.07) is -6.94. The average Bonchev–Trinajstić information content (AvgIpc) is 0.812. The zero-order valence-corrected chi connectivity index (χ0v) is 48.6. The number of amides is 4. The predicted octanol–water partition coefficient (Wildman–Crippen LogP) is -15.7. The molecule has 0 spiro atoms. The molecule has 520 valence electrons. The molecule has 7 heterocycles. The number of hydrogen-bond acceptors (Lipinski definition) is 36. The molecule has 0 aromatic rings. The van der Waals surface area contributed by atoms with E-state index in [1.165, 1.54) is 0 Å². The van der Waals surface area contributed by atoms with Crippen molar-refractivity contribution in [2.45, 2.75) is 242 Å². The Morgan fingerprint density at radius 1 is 0.289 bits per heavy atom. The van der Waals surface area contributed by atoms with E-state index in [9.17, 15) is 116 Å². The van der Waals surface area contributed by atoms with Gasteiger partial charge in [-0.25, -0.2) is 0 Å². The molecule has 0 saturated carbocycles. The van der Waals surface area contributed by atoms with Crippen LogP contribution in [-0.4, -0.2) is 382 Å². The second kappa shape index (κ2) is 32.4. The third-order valence-electron chi connectivity index (χ3n) is 16.1. The summed E-state index contributed by atoms with van der Waals surface area (Å²) in [7, 11) is 0. The zero-order valence-electron chi connectivity index (χ0n) is 48.6. The monoisotopic (exact) mass is 1320 g/mol. The summed E-state index contributed by atoms with van der Waals surface area (Å²) in [4.78, 5) is 49.9. The molecule has 23 N–H and O–H groups in total. The van der Waals surface area contributed by atoms with Gasteiger partial charge >= 0.3 is 0 Å². The molecule has 7 fully saturated rings. The molecule has 7 rings (SSSR count). The number of aliphatic hydroxyl groups excluding tert-OH is 19. The lowest BCUT2D eigenvalue weighted by Crippen LogP contribution is -2.71. The Kier molecular flexibility index (Phi) is 26.6. The fourth-order valence-electron chi connectivity index (χ4n) is 11.5. The summed E-state index contributed by atoms with van der Waals surface area (Å²) >= 11 is 0. The molecule has 35 atom stereocenters. The molecule has 7 aliphatic rings. The first-order valence-electron chi connectivity index (χ1n) is 28.6. The van der Waals surface area contributed by atoms with Gasteiger partial charge in [0.05, 0.1) is 46.2 Å². The second-order valence-corrected chi connectivity index (χ2v) is 22.5. The van der Waals surface area contributed by atoms with Crippen molar-refractivity contribution in [3.8, 4) is 0 Å². The predicted molar refractivity (Wildman–Crippen MR) is 278 cm³/mol. The molecule has 0 aromatic carbocycles. The molecule has 0 aromatic heterocycles. The number of rotatable bonds is 23. The third-order valence-corrected chi connectivity index (χ3v) is 16.1. The fourth-order valence-corrected chi connectivity index (χ4v) is 11.5. The van der Waals surface area contributed by atoms with Gasteiger partial charge in [-0.3, -0.25) is 19.2 Å². The summed E-state index contributed by atoms with van der Waals surface area (Å²) in [5.41, 5.74) is 0. The Balaban J connectivity index is 1.18. The lowest BCUT2D eigenvalue weighted by atomic mass is 9.93. The highest BCUT2D eigenvalue weighted by molar-refractivity contribution is 5.74. The molecule has 7 aliphatic heterocycles. The SMILES string of the molecule is CC(=O)N[C@@H]1[C@@H](O)[C@H](O[C@@H]2O[C@H](CO)[C@H](O)[C@H](O[C@@H]3O[C@H](CO)[C@@H](O[C@@H]4O[C@H](CO[C@@H]5O[C@H](CO)[C@@H](O)[C@H](O)[C@H]5NC(C)=O)[C@H](O)[C@H](O[C@@H]5O[C@H](CO)[C@@H](O[C@@H]6O[C@H](CO)[C@H](O)[C@H](O)[C@H]6O)[C@H](O)[C@H]5NC(C)=O)[C@H]4O)[C@H](O)[C@H]3NC(C)=O)[C@H]2O)[C@@H](CO)O[C@H]1O. The number of carbonyl (C=O) groups excluding carboxylic acids is 4. The minimum atomic E-state index is -2.38. The van der Waals surface area contributed by atoms with Gasteiger partial charge in [-0.1, -0.05) is 0 Å². The van der Waals surface area contributed by atoms with Crippen molar-refractivity contribution < 1.29 is 178 Å². The topological polar surface area (TPSA) is 621 Å². The van der Waals surface area contributed by atoms with Crippen LogP contribution >= 0.6 is 0 Å². The van der Waals surface area contributed by atoms with Crippen LogP contribution in [0.1, 0.15) is 27.7 Å². The molecule has 0 aliphatic carbocycles. The standard InChI is InChI=1S/C50H84N4O36/c1-12(61)51-23-32(70)39(19(8-58)79-44(23)77)87-49-37(75)42(29(67)18(7-57)82-49)89-46-26(54-15(4)64)34(72)41(21(10-60)84-46)88-50-38(76)43(30(68)22(85-50)11-78-45-24(52-13(2)62)31(69)27(65)16(5-55)80-45)90-47-25(53-14(3)63)33(71)40(20(9-59)83-47)86-48-36(74)35(73)28(66)17(6-56)81-48/h16-50,55-60,65-77H,5-11H2,1-4H3,(H,51,61)(H,52,62)(H,53,63)(H,54,64)/t16-,17-,18-,19-,20-,21-,22-,23-,24-,25-,26-,27-,28+,29+,30+,31-,32-,33-,34-,35+,36-,37-,38-,39-,40-,41-,42+,43+,44-,45-,46+,47+,48+,49+,50+/m1/s1. The van der Waals surface area contributed by atoms with E-state index in [4.69, 9.17) is 61.6 Å². The van der Waals surface area contributed by atoms with E-state index >= 15 is 0 Å². The lowest BCUT2D eigenvalue weighted by molar-refractivity contribution is -0.387. The molecule has 4 amide bonds. The Hall–Kier alpha value is -3.40. The highest BCUT2D eigenvalue weighted by Gasteiger charge is 2.59. The first-order valence-corrected chi connectivity index (χ1v) is 28.6. The van der Waals surface area contributed by atoms with Crippen LogP contribution in [0.3, 0.4) is 0 Å². The van der Waals surface area contributed by atoms with Gasteiger partial charge in [0, 0.05) is 27.7 Å². The van der Waals surface area contributed by atoms with Crippen molar-refractivity contribution in [2.75, 3.05) is 46.2 Å². The maximum Gasteiger partial charge on any atom is 0.217 e. The molecule has 40 nitrogen and oxygen atoms in total. The third kappa shape index (κ3) is 16.4. The van der Waals surface area contributed by atoms with Crippen molar-refractivity contribution in [1.29, 1.82) is 0 Å². The molecule has 7 saturated heterocycles. The van der Waals surface area contributed by atoms with Crippen LogP contribution in [0.5, 0.6) is 0 Å². The van der Waals surface area contributed by atoms with Crippen molar-refractivity contribution in [1.82, 2.24) is 21.3 Å². The Morgan fingerprint density at radius 3 is 0.978 bits per heavy atom. The van der Waals surface area contributed by atoms with E-state index in [1.54, 1.807) is 0 Å². The van der Waals surface area contributed by atoms with Crippen LogP contribution in [0.2, 0.25) is 0 Å². The first-order chi connectivity index (χ1) is 42.5. The van der Waals surface area contributed by atoms with Crippen LogP contribution in [0, 0.1) is 0 Å². The minimum Gasteiger partial charge on any atom is -0.394 e. The van der Waals surface area contributed by atoms with Gasteiger partial charge in [0.1, 0.15) is 171 Å². The van der Waals surface area contributed by atoms with Crippen LogP contribution < -0.4 is 21.3 Å². The fraction of sp³-hybridized carbons (Fsp3) is 0.920. The lowest BCUT2D eigenvalue weighted by Gasteiger charge is -2.51. The van der Waals surface area contributed by atoms with E-state index in [0.29, 0.717) is 0 Å². The van der Waals surface area contributed by atoms with Gasteiger partial charge in [-0.15, -0.1) is 0 Å².